The Morgan fingerprint density at radius 3 is 2.89 bits per heavy atom. The number of aliphatic hydroxyl groups excluding tert-OH is 1. The highest BCUT2D eigenvalue weighted by Crippen LogP contribution is 2.30. The van der Waals surface area contributed by atoms with E-state index in [9.17, 15) is 4.79 Å². The number of epoxide rings is 2. The maximum Gasteiger partial charge on any atom is 0.248 e. The molecule has 102 valence electrons. The van der Waals surface area contributed by atoms with Crippen LogP contribution in [0.15, 0.2) is 11.6 Å². The normalized spacial score (nSPS) is 31.9. The molecule has 0 saturated carbocycles. The molecule has 2 heterocycles. The Morgan fingerprint density at radius 2 is 2.39 bits per heavy atom. The summed E-state index contributed by atoms with van der Waals surface area (Å²) in [4.78, 5) is 11.6. The van der Waals surface area contributed by atoms with Crippen molar-refractivity contribution >= 4 is 5.91 Å². The summed E-state index contributed by atoms with van der Waals surface area (Å²) in [5.41, 5.74) is 0.0364. The largest absolute Gasteiger partial charge is 0.375 e. The van der Waals surface area contributed by atoms with E-state index >= 15 is 0 Å². The number of aliphatic hydroxyl groups is 1. The molecule has 0 bridgehead atoms. The van der Waals surface area contributed by atoms with Gasteiger partial charge in [0.2, 0.25) is 5.91 Å². The van der Waals surface area contributed by atoms with Crippen molar-refractivity contribution in [2.45, 2.75) is 31.8 Å². The van der Waals surface area contributed by atoms with Gasteiger partial charge in [0, 0.05) is 5.57 Å². The topological polar surface area (TPSA) is 83.6 Å². The third kappa shape index (κ3) is 4.06. The predicted molar refractivity (Wildman–Crippen MR) is 62.8 cm³/mol. The summed E-state index contributed by atoms with van der Waals surface area (Å²) in [5.74, 6) is -0.301. The molecule has 18 heavy (non-hydrogen) atoms. The highest BCUT2D eigenvalue weighted by Gasteiger charge is 2.44. The minimum Gasteiger partial charge on any atom is -0.375 e. The number of carbonyl (C=O) groups excluding carboxylic acids is 1. The SMILES string of the molecule is C/C(=C\C1(COCC2CO2)CO1)C(=O)NC(C)O. The van der Waals surface area contributed by atoms with Crippen molar-refractivity contribution < 1.29 is 24.1 Å². The fourth-order valence-corrected chi connectivity index (χ4v) is 1.59. The number of hydrogen-bond donors (Lipinski definition) is 2. The average molecular weight is 257 g/mol. The molecule has 3 atom stereocenters. The molecule has 2 saturated heterocycles. The molecule has 2 aliphatic heterocycles. The van der Waals surface area contributed by atoms with E-state index in [0.717, 1.165) is 6.61 Å². The van der Waals surface area contributed by atoms with Gasteiger partial charge in [0.15, 0.2) is 0 Å². The van der Waals surface area contributed by atoms with E-state index < -0.39 is 11.8 Å². The van der Waals surface area contributed by atoms with Crippen molar-refractivity contribution in [3.63, 3.8) is 0 Å². The van der Waals surface area contributed by atoms with E-state index in [-0.39, 0.29) is 12.0 Å². The van der Waals surface area contributed by atoms with Gasteiger partial charge in [-0.25, -0.2) is 0 Å². The van der Waals surface area contributed by atoms with Crippen molar-refractivity contribution in [2.75, 3.05) is 26.4 Å². The summed E-state index contributed by atoms with van der Waals surface area (Å²) in [6, 6.07) is 0. The smallest absolute Gasteiger partial charge is 0.248 e. The lowest BCUT2D eigenvalue weighted by Crippen LogP contribution is -2.33. The highest BCUT2D eigenvalue weighted by molar-refractivity contribution is 5.93. The standard InChI is InChI=1S/C12H19NO5/c1-8(11(15)13-9(2)14)3-12(7-18-12)6-16-4-10-5-17-10/h3,9-10,14H,4-7H2,1-2H3,(H,13,15)/b8-3+. The predicted octanol–water partition coefficient (Wildman–Crippen LogP) is -0.428. The van der Waals surface area contributed by atoms with Crippen LogP contribution in [0.5, 0.6) is 0 Å². The maximum atomic E-state index is 11.6. The Balaban J connectivity index is 1.79. The molecule has 2 aliphatic rings. The highest BCUT2D eigenvalue weighted by atomic mass is 16.6. The van der Waals surface area contributed by atoms with Crippen LogP contribution < -0.4 is 5.32 Å². The van der Waals surface area contributed by atoms with Gasteiger partial charge >= 0.3 is 0 Å². The summed E-state index contributed by atoms with van der Waals surface area (Å²) in [6.07, 6.45) is 1.11. The van der Waals surface area contributed by atoms with E-state index in [4.69, 9.17) is 19.3 Å². The zero-order valence-corrected chi connectivity index (χ0v) is 10.6. The molecule has 1 amide bonds. The van der Waals surface area contributed by atoms with Gasteiger partial charge in [0.1, 0.15) is 17.9 Å². The lowest BCUT2D eigenvalue weighted by Gasteiger charge is -2.11. The molecular weight excluding hydrogens is 238 g/mol. The second kappa shape index (κ2) is 5.36. The monoisotopic (exact) mass is 257 g/mol. The van der Waals surface area contributed by atoms with Gasteiger partial charge in [-0.2, -0.15) is 0 Å². The Morgan fingerprint density at radius 1 is 1.72 bits per heavy atom. The molecule has 0 aromatic rings. The zero-order valence-electron chi connectivity index (χ0n) is 10.6. The van der Waals surface area contributed by atoms with Crippen LogP contribution in [0.2, 0.25) is 0 Å². The lowest BCUT2D eigenvalue weighted by atomic mass is 10.1. The minimum absolute atomic E-state index is 0.226. The van der Waals surface area contributed by atoms with E-state index in [2.05, 4.69) is 5.32 Å². The molecule has 0 aromatic heterocycles. The Bertz CT molecular complexity index is 344. The van der Waals surface area contributed by atoms with Crippen molar-refractivity contribution in [2.24, 2.45) is 0 Å². The van der Waals surface area contributed by atoms with Gasteiger partial charge < -0.3 is 24.6 Å². The fraction of sp³-hybridized carbons (Fsp3) is 0.750. The lowest BCUT2D eigenvalue weighted by molar-refractivity contribution is -0.120. The minimum atomic E-state index is -0.861. The van der Waals surface area contributed by atoms with E-state index in [0.29, 0.717) is 25.4 Å². The molecule has 0 spiro atoms. The van der Waals surface area contributed by atoms with Crippen molar-refractivity contribution in [1.82, 2.24) is 5.32 Å². The Labute approximate surface area is 106 Å². The summed E-state index contributed by atoms with van der Waals surface area (Å²) in [6.45, 7) is 5.49. The fourth-order valence-electron chi connectivity index (χ4n) is 1.59. The van der Waals surface area contributed by atoms with Gasteiger partial charge in [-0.3, -0.25) is 4.79 Å². The second-order valence-electron chi connectivity index (χ2n) is 4.80. The van der Waals surface area contributed by atoms with Crippen LogP contribution in [0.25, 0.3) is 0 Å². The molecule has 0 aromatic carbocycles. The molecule has 0 radical (unpaired) electrons. The zero-order chi connectivity index (χ0) is 13.2. The van der Waals surface area contributed by atoms with Crippen LogP contribution in [0.1, 0.15) is 13.8 Å². The Kier molecular flexibility index (Phi) is 4.01. The maximum absolute atomic E-state index is 11.6. The van der Waals surface area contributed by atoms with Crippen molar-refractivity contribution in [3.05, 3.63) is 11.6 Å². The molecule has 6 nitrogen and oxygen atoms in total. The van der Waals surface area contributed by atoms with Gasteiger partial charge in [0.25, 0.3) is 0 Å². The summed E-state index contributed by atoms with van der Waals surface area (Å²) in [7, 11) is 0. The van der Waals surface area contributed by atoms with E-state index in [1.807, 2.05) is 0 Å². The number of hydrogen-bond acceptors (Lipinski definition) is 5. The molecule has 2 rings (SSSR count). The first-order valence-electron chi connectivity index (χ1n) is 6.02. The number of amides is 1. The van der Waals surface area contributed by atoms with Gasteiger partial charge in [-0.1, -0.05) is 0 Å². The molecule has 3 unspecified atom stereocenters. The first-order chi connectivity index (χ1) is 8.51. The quantitative estimate of drug-likeness (QED) is 0.367. The van der Waals surface area contributed by atoms with Crippen LogP contribution in [0, 0.1) is 0 Å². The first kappa shape index (κ1) is 13.5. The van der Waals surface area contributed by atoms with E-state index in [1.54, 1.807) is 13.0 Å². The summed E-state index contributed by atoms with van der Waals surface area (Å²) in [5, 5.41) is 11.5. The third-order valence-electron chi connectivity index (χ3n) is 2.75. The van der Waals surface area contributed by atoms with E-state index in [1.165, 1.54) is 6.92 Å². The Hall–Kier alpha value is -0.950. The van der Waals surface area contributed by atoms with Gasteiger partial charge in [0.05, 0.1) is 26.4 Å². The molecular formula is C12H19NO5. The average Bonchev–Trinajstić information content (AvgIpc) is 3.15. The summed E-state index contributed by atoms with van der Waals surface area (Å²) >= 11 is 0. The molecule has 2 fully saturated rings. The van der Waals surface area contributed by atoms with Gasteiger partial charge in [-0.05, 0) is 19.9 Å². The van der Waals surface area contributed by atoms with Crippen molar-refractivity contribution in [1.29, 1.82) is 0 Å². The summed E-state index contributed by atoms with van der Waals surface area (Å²) < 4.78 is 15.8. The number of rotatable bonds is 7. The van der Waals surface area contributed by atoms with Crippen LogP contribution in [0.3, 0.4) is 0 Å². The second-order valence-corrected chi connectivity index (χ2v) is 4.80. The van der Waals surface area contributed by atoms with Crippen molar-refractivity contribution in [3.8, 4) is 0 Å². The van der Waals surface area contributed by atoms with Crippen LogP contribution in [0.4, 0.5) is 0 Å². The van der Waals surface area contributed by atoms with Crippen LogP contribution >= 0.6 is 0 Å². The molecule has 6 heteroatoms. The number of ether oxygens (including phenoxy) is 3. The van der Waals surface area contributed by atoms with Crippen LogP contribution in [-0.4, -0.2) is 55.4 Å². The molecule has 2 N–H and O–H groups in total. The molecule has 0 aliphatic carbocycles. The number of nitrogens with one attached hydrogen (secondary N) is 1. The third-order valence-corrected chi connectivity index (χ3v) is 2.75. The van der Waals surface area contributed by atoms with Crippen LogP contribution in [-0.2, 0) is 19.0 Å². The first-order valence-corrected chi connectivity index (χ1v) is 6.02. The number of carbonyl (C=O) groups is 1. The van der Waals surface area contributed by atoms with Gasteiger partial charge in [-0.15, -0.1) is 0 Å².